The van der Waals surface area contributed by atoms with E-state index in [2.05, 4.69) is 0 Å². The summed E-state index contributed by atoms with van der Waals surface area (Å²) in [5.41, 5.74) is 2.56. The van der Waals surface area contributed by atoms with Gasteiger partial charge in [0.2, 0.25) is 0 Å². The minimum atomic E-state index is -0.206. The summed E-state index contributed by atoms with van der Waals surface area (Å²) in [5.74, 6) is 0.196. The molecule has 2 nitrogen and oxygen atoms in total. The molecule has 0 saturated heterocycles. The minimum Gasteiger partial charge on any atom is -0.507 e. The lowest BCUT2D eigenvalue weighted by molar-refractivity contribution is -0.115. The number of rotatable bonds is 1. The van der Waals surface area contributed by atoms with Gasteiger partial charge in [0.05, 0.1) is 5.92 Å². The first-order valence-corrected chi connectivity index (χ1v) is 5.28. The van der Waals surface area contributed by atoms with Crippen LogP contribution in [0.5, 0.6) is 5.75 Å². The van der Waals surface area contributed by atoms with Crippen molar-refractivity contribution in [1.29, 1.82) is 0 Å². The summed E-state index contributed by atoms with van der Waals surface area (Å²) in [6.45, 7) is 3.69. The Morgan fingerprint density at radius 1 is 1.12 bits per heavy atom. The van der Waals surface area contributed by atoms with Crippen LogP contribution in [0.2, 0.25) is 0 Å². The molecule has 2 heteroatoms. The smallest absolute Gasteiger partial charge is 0.166 e. The molecule has 0 amide bonds. The number of aromatic hydroxyl groups is 1. The molecule has 1 aromatic rings. The van der Waals surface area contributed by atoms with E-state index in [0.29, 0.717) is 5.75 Å². The number of hydrogen-bond donors (Lipinski definition) is 1. The number of hydrogen-bond acceptors (Lipinski definition) is 2. The maximum absolute atomic E-state index is 11.7. The largest absolute Gasteiger partial charge is 0.507 e. The SMILES string of the molecule is Cc1cc(C2C=CC=CC2=O)cc(C)c1O. The van der Waals surface area contributed by atoms with Gasteiger partial charge in [-0.25, -0.2) is 0 Å². The molecule has 1 atom stereocenters. The van der Waals surface area contributed by atoms with Gasteiger partial charge in [0, 0.05) is 0 Å². The number of carbonyl (C=O) groups is 1. The average Bonchev–Trinajstić information content (AvgIpc) is 2.26. The van der Waals surface area contributed by atoms with Gasteiger partial charge in [-0.1, -0.05) is 30.4 Å². The minimum absolute atomic E-state index is 0.0898. The highest BCUT2D eigenvalue weighted by atomic mass is 16.3. The van der Waals surface area contributed by atoms with Gasteiger partial charge in [0.15, 0.2) is 5.78 Å². The first-order valence-electron chi connectivity index (χ1n) is 5.28. The van der Waals surface area contributed by atoms with Crippen LogP contribution in [0.15, 0.2) is 36.4 Å². The predicted molar refractivity (Wildman–Crippen MR) is 63.6 cm³/mol. The fourth-order valence-electron chi connectivity index (χ4n) is 1.97. The molecule has 82 valence electrons. The Hall–Kier alpha value is -1.83. The molecule has 1 aliphatic carbocycles. The molecule has 2 rings (SSSR count). The van der Waals surface area contributed by atoms with Crippen LogP contribution >= 0.6 is 0 Å². The molecule has 1 aromatic carbocycles. The lowest BCUT2D eigenvalue weighted by Gasteiger charge is -2.15. The second-order valence-corrected chi connectivity index (χ2v) is 4.13. The number of allylic oxidation sites excluding steroid dienone is 4. The zero-order valence-corrected chi connectivity index (χ0v) is 9.40. The molecule has 0 spiro atoms. The summed E-state index contributed by atoms with van der Waals surface area (Å²) < 4.78 is 0. The molecule has 1 N–H and O–H groups in total. The van der Waals surface area contributed by atoms with E-state index in [4.69, 9.17) is 0 Å². The monoisotopic (exact) mass is 214 g/mol. The van der Waals surface area contributed by atoms with Crippen LogP contribution in [0, 0.1) is 13.8 Å². The van der Waals surface area contributed by atoms with Crippen LogP contribution in [0.1, 0.15) is 22.6 Å². The highest BCUT2D eigenvalue weighted by molar-refractivity contribution is 5.98. The van der Waals surface area contributed by atoms with Crippen molar-refractivity contribution in [1.82, 2.24) is 0 Å². The zero-order chi connectivity index (χ0) is 11.7. The van der Waals surface area contributed by atoms with Gasteiger partial charge in [-0.15, -0.1) is 0 Å². The third kappa shape index (κ3) is 1.78. The van der Waals surface area contributed by atoms with Crippen molar-refractivity contribution in [3.05, 3.63) is 53.1 Å². The molecule has 0 aromatic heterocycles. The quantitative estimate of drug-likeness (QED) is 0.780. The molecule has 16 heavy (non-hydrogen) atoms. The summed E-state index contributed by atoms with van der Waals surface area (Å²) in [5, 5.41) is 9.68. The fourth-order valence-corrected chi connectivity index (χ4v) is 1.97. The van der Waals surface area contributed by atoms with Crippen molar-refractivity contribution < 1.29 is 9.90 Å². The van der Waals surface area contributed by atoms with Crippen LogP contribution in [0.3, 0.4) is 0 Å². The van der Waals surface area contributed by atoms with Crippen LogP contribution in [0.4, 0.5) is 0 Å². The third-order valence-corrected chi connectivity index (χ3v) is 2.85. The molecule has 0 aliphatic heterocycles. The molecule has 1 aliphatic rings. The number of ketones is 1. The number of benzene rings is 1. The fraction of sp³-hybridized carbons (Fsp3) is 0.214. The number of phenolic OH excluding ortho intramolecular Hbond substituents is 1. The highest BCUT2D eigenvalue weighted by Gasteiger charge is 2.18. The lowest BCUT2D eigenvalue weighted by Crippen LogP contribution is -2.10. The molecular formula is C14H14O2. The van der Waals surface area contributed by atoms with Gasteiger partial charge in [-0.05, 0) is 36.6 Å². The predicted octanol–water partition coefficient (Wildman–Crippen LogP) is 2.79. The summed E-state index contributed by atoms with van der Waals surface area (Å²) in [7, 11) is 0. The van der Waals surface area contributed by atoms with Crippen LogP contribution < -0.4 is 0 Å². The third-order valence-electron chi connectivity index (χ3n) is 2.85. The number of aryl methyl sites for hydroxylation is 2. The van der Waals surface area contributed by atoms with E-state index in [1.54, 1.807) is 12.2 Å². The van der Waals surface area contributed by atoms with E-state index >= 15 is 0 Å². The van der Waals surface area contributed by atoms with E-state index in [9.17, 15) is 9.90 Å². The highest BCUT2D eigenvalue weighted by Crippen LogP contribution is 2.29. The summed E-state index contributed by atoms with van der Waals surface area (Å²) >= 11 is 0. The Bertz CT molecular complexity index is 472. The molecular weight excluding hydrogens is 200 g/mol. The van der Waals surface area contributed by atoms with Gasteiger partial charge in [-0.3, -0.25) is 4.79 Å². The second kappa shape index (κ2) is 3.97. The normalized spacial score (nSPS) is 19.1. The summed E-state index contributed by atoms with van der Waals surface area (Å²) in [6, 6.07) is 3.74. The zero-order valence-electron chi connectivity index (χ0n) is 9.40. The van der Waals surface area contributed by atoms with Crippen LogP contribution in [-0.2, 0) is 4.79 Å². The molecule has 1 unspecified atom stereocenters. The standard InChI is InChI=1S/C14H14O2/c1-9-7-11(8-10(2)14(9)16)12-5-3-4-6-13(12)15/h3-8,12,16H,1-2H3. The Morgan fingerprint density at radius 3 is 2.31 bits per heavy atom. The maximum Gasteiger partial charge on any atom is 0.166 e. The first kappa shape index (κ1) is 10.7. The maximum atomic E-state index is 11.7. The number of carbonyl (C=O) groups excluding carboxylic acids is 1. The van der Waals surface area contributed by atoms with Gasteiger partial charge < -0.3 is 5.11 Å². The van der Waals surface area contributed by atoms with Crippen molar-refractivity contribution >= 4 is 5.78 Å². The Labute approximate surface area is 94.9 Å². The van der Waals surface area contributed by atoms with E-state index in [-0.39, 0.29) is 11.7 Å². The van der Waals surface area contributed by atoms with Gasteiger partial charge in [0.25, 0.3) is 0 Å². The van der Waals surface area contributed by atoms with E-state index < -0.39 is 0 Å². The summed E-state index contributed by atoms with van der Waals surface area (Å²) in [4.78, 5) is 11.7. The van der Waals surface area contributed by atoms with E-state index in [0.717, 1.165) is 16.7 Å². The lowest BCUT2D eigenvalue weighted by atomic mass is 9.89. The molecule has 0 heterocycles. The second-order valence-electron chi connectivity index (χ2n) is 4.13. The van der Waals surface area contributed by atoms with Crippen LogP contribution in [-0.4, -0.2) is 10.9 Å². The van der Waals surface area contributed by atoms with Crippen molar-refractivity contribution in [3.8, 4) is 5.75 Å². The number of phenols is 1. The van der Waals surface area contributed by atoms with Gasteiger partial charge in [-0.2, -0.15) is 0 Å². The Kier molecular flexibility index (Phi) is 2.65. The van der Waals surface area contributed by atoms with Crippen molar-refractivity contribution in [2.24, 2.45) is 0 Å². The van der Waals surface area contributed by atoms with E-state index in [1.807, 2.05) is 38.1 Å². The van der Waals surface area contributed by atoms with Crippen molar-refractivity contribution in [2.75, 3.05) is 0 Å². The van der Waals surface area contributed by atoms with Crippen LogP contribution in [0.25, 0.3) is 0 Å². The van der Waals surface area contributed by atoms with Crippen molar-refractivity contribution in [3.63, 3.8) is 0 Å². The topological polar surface area (TPSA) is 37.3 Å². The molecule has 0 saturated carbocycles. The van der Waals surface area contributed by atoms with Gasteiger partial charge >= 0.3 is 0 Å². The molecule has 0 fully saturated rings. The van der Waals surface area contributed by atoms with Gasteiger partial charge in [0.1, 0.15) is 5.75 Å². The van der Waals surface area contributed by atoms with Crippen molar-refractivity contribution in [2.45, 2.75) is 19.8 Å². The Morgan fingerprint density at radius 2 is 1.75 bits per heavy atom. The van der Waals surface area contributed by atoms with E-state index in [1.165, 1.54) is 0 Å². The molecule has 0 bridgehead atoms. The Balaban J connectivity index is 2.45. The first-order chi connectivity index (χ1) is 7.59. The average molecular weight is 214 g/mol. The summed E-state index contributed by atoms with van der Waals surface area (Å²) in [6.07, 6.45) is 7.10. The molecule has 0 radical (unpaired) electrons.